The molecule has 0 aromatic heterocycles. The van der Waals surface area contributed by atoms with E-state index in [1.807, 2.05) is 37.1 Å². The Morgan fingerprint density at radius 3 is 2.79 bits per heavy atom. The first kappa shape index (κ1) is 18.9. The summed E-state index contributed by atoms with van der Waals surface area (Å²) in [6.07, 6.45) is 4.06. The molecule has 156 valence electrons. The third kappa shape index (κ3) is 1.87. The number of nitrogens with zero attached hydrogens (tertiary/aromatic N) is 2. The van der Waals surface area contributed by atoms with Gasteiger partial charge in [-0.15, -0.1) is 0 Å². The van der Waals surface area contributed by atoms with Gasteiger partial charge in [-0.05, 0) is 31.0 Å². The van der Waals surface area contributed by atoms with Crippen LogP contribution in [0.4, 0.5) is 5.69 Å². The van der Waals surface area contributed by atoms with Gasteiger partial charge in [-0.25, -0.2) is 4.79 Å². The van der Waals surface area contributed by atoms with Crippen molar-refractivity contribution in [3.05, 3.63) is 35.9 Å². The van der Waals surface area contributed by atoms with E-state index >= 15 is 0 Å². The fourth-order valence-corrected chi connectivity index (χ4v) is 7.22. The molecule has 7 nitrogen and oxygen atoms in total. The minimum Gasteiger partial charge on any atom is -0.508 e. The van der Waals surface area contributed by atoms with Crippen molar-refractivity contribution in [2.75, 3.05) is 32.1 Å². The minimum absolute atomic E-state index is 0.0665. The summed E-state index contributed by atoms with van der Waals surface area (Å²) in [5.74, 6) is -0.685. The van der Waals surface area contributed by atoms with Crippen LogP contribution in [0, 0.1) is 5.41 Å². The van der Waals surface area contributed by atoms with E-state index in [2.05, 4.69) is 4.90 Å². The molecule has 0 unspecified atom stereocenters. The molecule has 5 rings (SSSR count). The van der Waals surface area contributed by atoms with Crippen molar-refractivity contribution in [1.29, 1.82) is 0 Å². The maximum absolute atomic E-state index is 13.1. The highest BCUT2D eigenvalue weighted by Crippen LogP contribution is 2.66. The summed E-state index contributed by atoms with van der Waals surface area (Å²) >= 11 is 0. The number of fused-ring (bicyclic) bond motifs is 1. The Morgan fingerprint density at radius 2 is 2.10 bits per heavy atom. The van der Waals surface area contributed by atoms with Gasteiger partial charge in [0.05, 0.1) is 13.2 Å². The van der Waals surface area contributed by atoms with Crippen LogP contribution in [0.1, 0.15) is 25.3 Å². The standard InChI is InChI=1S/C22H28N2O5/c1-4-20-8-5-10-24-11-9-21(16(20)24)14-7-6-13(25)12-15(14)23(2)17(21)22(28,18(20)26)19(27)29-3/h5-8,12,16-18,25-26,28H,4,9-11H2,1-3H3/t16-,17+,18+,20+,21-,22-/m0/s1. The third-order valence-corrected chi connectivity index (χ3v) is 8.15. The number of esters is 1. The van der Waals surface area contributed by atoms with Crippen LogP contribution >= 0.6 is 0 Å². The van der Waals surface area contributed by atoms with E-state index in [-0.39, 0.29) is 11.8 Å². The highest BCUT2D eigenvalue weighted by atomic mass is 16.5. The van der Waals surface area contributed by atoms with Crippen molar-refractivity contribution in [2.45, 2.75) is 49.0 Å². The van der Waals surface area contributed by atoms with Gasteiger partial charge in [0.15, 0.2) is 0 Å². The Bertz CT molecular complexity index is 918. The lowest BCUT2D eigenvalue weighted by Gasteiger charge is -2.63. The molecule has 4 aliphatic rings. The summed E-state index contributed by atoms with van der Waals surface area (Å²) < 4.78 is 5.05. The maximum atomic E-state index is 13.1. The van der Waals surface area contributed by atoms with Gasteiger partial charge in [-0.3, -0.25) is 4.90 Å². The second-order valence-electron chi connectivity index (χ2n) is 8.99. The number of aromatic hydroxyl groups is 1. The molecule has 29 heavy (non-hydrogen) atoms. The van der Waals surface area contributed by atoms with Crippen molar-refractivity contribution < 1.29 is 24.9 Å². The summed E-state index contributed by atoms with van der Waals surface area (Å²) in [6.45, 7) is 3.59. The van der Waals surface area contributed by atoms with Gasteiger partial charge in [-0.1, -0.05) is 25.1 Å². The number of rotatable bonds is 2. The SMILES string of the molecule is CC[C@]12C=CCN3CC[C@]4(c5ccc(O)cc5N(C)[C@H]4[C@@](O)(C(=O)OC)[C@@H]1O)[C@@H]32. The zero-order valence-corrected chi connectivity index (χ0v) is 17.0. The lowest BCUT2D eigenvalue weighted by atomic mass is 9.48. The Labute approximate surface area is 170 Å². The normalized spacial score (nSPS) is 42.4. The fourth-order valence-electron chi connectivity index (χ4n) is 7.22. The fraction of sp³-hybridized carbons (Fsp3) is 0.591. The molecule has 0 amide bonds. The number of hydrogen-bond donors (Lipinski definition) is 3. The summed E-state index contributed by atoms with van der Waals surface area (Å²) in [5.41, 5.74) is -1.66. The second kappa shape index (κ2) is 5.74. The van der Waals surface area contributed by atoms with Crippen molar-refractivity contribution in [1.82, 2.24) is 4.90 Å². The lowest BCUT2D eigenvalue weighted by molar-refractivity contribution is -0.218. The Hall–Kier alpha value is -2.09. The number of benzene rings is 1. The predicted molar refractivity (Wildman–Crippen MR) is 107 cm³/mol. The molecule has 1 aliphatic carbocycles. The van der Waals surface area contributed by atoms with Gasteiger partial charge in [0, 0.05) is 42.2 Å². The van der Waals surface area contributed by atoms with E-state index in [1.165, 1.54) is 7.11 Å². The minimum atomic E-state index is -2.11. The van der Waals surface area contributed by atoms with E-state index in [9.17, 15) is 20.1 Å². The number of carbonyl (C=O) groups excluding carboxylic acids is 1. The number of aliphatic hydroxyl groups is 2. The van der Waals surface area contributed by atoms with Gasteiger partial charge in [0.1, 0.15) is 11.9 Å². The molecular formula is C22H28N2O5. The maximum Gasteiger partial charge on any atom is 0.342 e. The van der Waals surface area contributed by atoms with Gasteiger partial charge < -0.3 is 25.0 Å². The number of phenols is 1. The van der Waals surface area contributed by atoms with Crippen molar-refractivity contribution in [3.63, 3.8) is 0 Å². The molecular weight excluding hydrogens is 372 g/mol. The van der Waals surface area contributed by atoms with E-state index in [0.717, 1.165) is 30.8 Å². The number of carbonyl (C=O) groups is 1. The van der Waals surface area contributed by atoms with Crippen LogP contribution in [-0.2, 0) is 14.9 Å². The van der Waals surface area contributed by atoms with E-state index in [4.69, 9.17) is 4.74 Å². The first-order valence-corrected chi connectivity index (χ1v) is 10.3. The number of anilines is 1. The molecule has 3 N–H and O–H groups in total. The van der Waals surface area contributed by atoms with Crippen LogP contribution in [-0.4, -0.2) is 77.2 Å². The molecule has 1 saturated heterocycles. The Kier molecular flexibility index (Phi) is 3.74. The monoisotopic (exact) mass is 400 g/mol. The molecule has 0 radical (unpaired) electrons. The zero-order valence-electron chi connectivity index (χ0n) is 17.0. The number of ether oxygens (including phenoxy) is 1. The van der Waals surface area contributed by atoms with Gasteiger partial charge >= 0.3 is 5.97 Å². The number of aliphatic hydroxyl groups excluding tert-OH is 1. The molecule has 7 heteroatoms. The molecule has 2 fully saturated rings. The van der Waals surface area contributed by atoms with E-state index in [0.29, 0.717) is 6.42 Å². The molecule has 1 aromatic rings. The highest BCUT2D eigenvalue weighted by molar-refractivity contribution is 5.86. The largest absolute Gasteiger partial charge is 0.508 e. The average Bonchev–Trinajstić information content (AvgIpc) is 3.23. The number of likely N-dealkylation sites (N-methyl/N-ethyl adjacent to an activating group) is 1. The van der Waals surface area contributed by atoms with Crippen LogP contribution in [0.5, 0.6) is 5.75 Å². The quantitative estimate of drug-likeness (QED) is 0.499. The van der Waals surface area contributed by atoms with Gasteiger partial charge in [-0.2, -0.15) is 0 Å². The number of hydrogen-bond acceptors (Lipinski definition) is 7. The number of phenolic OH excluding ortho intramolecular Hbond substituents is 1. The smallest absolute Gasteiger partial charge is 0.342 e. The number of methoxy groups -OCH3 is 1. The molecule has 1 saturated carbocycles. The van der Waals surface area contributed by atoms with Crippen LogP contribution in [0.2, 0.25) is 0 Å². The topological polar surface area (TPSA) is 93.5 Å². The van der Waals surface area contributed by atoms with Crippen LogP contribution in [0.25, 0.3) is 0 Å². The van der Waals surface area contributed by atoms with Crippen molar-refractivity contribution in [2.24, 2.45) is 5.41 Å². The van der Waals surface area contributed by atoms with Crippen LogP contribution in [0.15, 0.2) is 30.4 Å². The third-order valence-electron chi connectivity index (χ3n) is 8.15. The second-order valence-corrected chi connectivity index (χ2v) is 8.99. The first-order chi connectivity index (χ1) is 13.8. The summed E-state index contributed by atoms with van der Waals surface area (Å²) in [5, 5.41) is 33.7. The highest BCUT2D eigenvalue weighted by Gasteiger charge is 2.78. The molecule has 0 bridgehead atoms. The zero-order chi connectivity index (χ0) is 20.8. The molecule has 1 aromatic carbocycles. The lowest BCUT2D eigenvalue weighted by Crippen LogP contribution is -2.80. The van der Waals surface area contributed by atoms with Gasteiger partial charge in [0.25, 0.3) is 0 Å². The molecule has 1 spiro atoms. The predicted octanol–water partition coefficient (Wildman–Crippen LogP) is 0.767. The van der Waals surface area contributed by atoms with Crippen LogP contribution < -0.4 is 4.90 Å². The molecule has 6 atom stereocenters. The van der Waals surface area contributed by atoms with Gasteiger partial charge in [0.2, 0.25) is 5.60 Å². The summed E-state index contributed by atoms with van der Waals surface area (Å²) in [6, 6.07) is 4.50. The Balaban J connectivity index is 1.87. The van der Waals surface area contributed by atoms with E-state index < -0.39 is 34.5 Å². The van der Waals surface area contributed by atoms with Crippen molar-refractivity contribution in [3.8, 4) is 5.75 Å². The molecule has 3 heterocycles. The Morgan fingerprint density at radius 1 is 1.34 bits per heavy atom. The average molecular weight is 400 g/mol. The summed E-state index contributed by atoms with van der Waals surface area (Å²) in [4.78, 5) is 17.3. The van der Waals surface area contributed by atoms with Crippen molar-refractivity contribution >= 4 is 11.7 Å². The first-order valence-electron chi connectivity index (χ1n) is 10.3. The van der Waals surface area contributed by atoms with Crippen LogP contribution in [0.3, 0.4) is 0 Å². The van der Waals surface area contributed by atoms with E-state index in [1.54, 1.807) is 12.1 Å². The summed E-state index contributed by atoms with van der Waals surface area (Å²) in [7, 11) is 3.06. The molecule has 3 aliphatic heterocycles.